The average Bonchev–Trinajstić information content (AvgIpc) is 3.16. The first-order chi connectivity index (χ1) is 10.7. The first-order valence-corrected chi connectivity index (χ1v) is 7.26. The van der Waals surface area contributed by atoms with Gasteiger partial charge < -0.3 is 19.4 Å². The fourth-order valence-electron chi connectivity index (χ4n) is 2.62. The van der Waals surface area contributed by atoms with Gasteiger partial charge in [0.2, 0.25) is 0 Å². The summed E-state index contributed by atoms with van der Waals surface area (Å²) >= 11 is 0. The summed E-state index contributed by atoms with van der Waals surface area (Å²) in [5.41, 5.74) is 2.14. The number of aromatic nitrogens is 3. The van der Waals surface area contributed by atoms with Crippen molar-refractivity contribution >= 4 is 5.91 Å². The smallest absolute Gasteiger partial charge is 0.269 e. The molecule has 1 aliphatic heterocycles. The zero-order chi connectivity index (χ0) is 15.5. The van der Waals surface area contributed by atoms with Crippen LogP contribution in [-0.2, 0) is 16.5 Å². The van der Waals surface area contributed by atoms with E-state index in [0.29, 0.717) is 18.9 Å². The van der Waals surface area contributed by atoms with Gasteiger partial charge in [-0.05, 0) is 18.6 Å². The molecule has 118 valence electrons. The second-order valence-electron chi connectivity index (χ2n) is 5.45. The van der Waals surface area contributed by atoms with Crippen LogP contribution in [0.2, 0.25) is 0 Å². The number of hydrogen-bond acceptors (Lipinski definition) is 4. The largest absolute Gasteiger partial charge is 0.379 e. The molecule has 3 rings (SSSR count). The maximum Gasteiger partial charge on any atom is 0.269 e. The highest BCUT2D eigenvalue weighted by Crippen LogP contribution is 2.18. The van der Waals surface area contributed by atoms with Gasteiger partial charge in [0.1, 0.15) is 5.69 Å². The Labute approximate surface area is 128 Å². The van der Waals surface area contributed by atoms with Gasteiger partial charge in [0, 0.05) is 38.7 Å². The van der Waals surface area contributed by atoms with Crippen molar-refractivity contribution in [2.45, 2.75) is 18.6 Å². The normalized spacial score (nSPS) is 21.7. The summed E-state index contributed by atoms with van der Waals surface area (Å²) in [7, 11) is 3.59. The molecule has 22 heavy (non-hydrogen) atoms. The summed E-state index contributed by atoms with van der Waals surface area (Å²) in [5.74, 6) is -0.202. The average molecular weight is 304 g/mol. The highest BCUT2D eigenvalue weighted by molar-refractivity contribution is 5.93. The van der Waals surface area contributed by atoms with Gasteiger partial charge in [0.15, 0.2) is 0 Å². The molecule has 2 aromatic heterocycles. The molecular formula is C15H20N4O3. The Bertz CT molecular complexity index is 649. The number of amides is 1. The Morgan fingerprint density at radius 2 is 2.45 bits per heavy atom. The minimum absolute atomic E-state index is 0.0192. The van der Waals surface area contributed by atoms with Crippen LogP contribution in [0.1, 0.15) is 16.9 Å². The third-order valence-electron chi connectivity index (χ3n) is 3.86. The molecule has 7 nitrogen and oxygen atoms in total. The molecule has 2 aromatic rings. The molecule has 1 aliphatic rings. The fraction of sp³-hybridized carbons (Fsp3) is 0.467. The second kappa shape index (κ2) is 6.33. The second-order valence-corrected chi connectivity index (χ2v) is 5.45. The Hall–Kier alpha value is -2.12. The predicted octanol–water partition coefficient (Wildman–Crippen LogP) is 0.949. The zero-order valence-corrected chi connectivity index (χ0v) is 12.7. The summed E-state index contributed by atoms with van der Waals surface area (Å²) in [6, 6.07) is 3.55. The van der Waals surface area contributed by atoms with Gasteiger partial charge in [-0.25, -0.2) is 0 Å². The molecule has 1 saturated heterocycles. The van der Waals surface area contributed by atoms with E-state index < -0.39 is 0 Å². The van der Waals surface area contributed by atoms with E-state index >= 15 is 0 Å². The molecule has 7 heteroatoms. The lowest BCUT2D eigenvalue weighted by molar-refractivity contribution is -0.0349. The number of hydrogen-bond donors (Lipinski definition) is 2. The van der Waals surface area contributed by atoms with Gasteiger partial charge in [-0.3, -0.25) is 9.89 Å². The van der Waals surface area contributed by atoms with Crippen LogP contribution >= 0.6 is 0 Å². The number of ether oxygens (including phenoxy) is 2. The number of aromatic amines is 1. The molecule has 3 heterocycles. The van der Waals surface area contributed by atoms with Gasteiger partial charge in [0.05, 0.1) is 24.4 Å². The van der Waals surface area contributed by atoms with Crippen molar-refractivity contribution in [1.29, 1.82) is 0 Å². The van der Waals surface area contributed by atoms with E-state index in [1.807, 2.05) is 30.1 Å². The van der Waals surface area contributed by atoms with E-state index in [0.717, 1.165) is 17.7 Å². The van der Waals surface area contributed by atoms with E-state index in [1.54, 1.807) is 13.2 Å². The first kappa shape index (κ1) is 14.8. The van der Waals surface area contributed by atoms with Gasteiger partial charge >= 0.3 is 0 Å². The van der Waals surface area contributed by atoms with Crippen molar-refractivity contribution in [3.63, 3.8) is 0 Å². The number of carbonyl (C=O) groups excluding carboxylic acids is 1. The molecule has 2 atom stereocenters. The predicted molar refractivity (Wildman–Crippen MR) is 80.5 cm³/mol. The van der Waals surface area contributed by atoms with Crippen molar-refractivity contribution in [1.82, 2.24) is 20.1 Å². The van der Waals surface area contributed by atoms with Crippen LogP contribution in [0.5, 0.6) is 0 Å². The molecular weight excluding hydrogens is 284 g/mol. The third kappa shape index (κ3) is 3.05. The third-order valence-corrected chi connectivity index (χ3v) is 3.86. The maximum atomic E-state index is 12.3. The fourth-order valence-corrected chi connectivity index (χ4v) is 2.62. The van der Waals surface area contributed by atoms with Crippen LogP contribution in [0, 0.1) is 0 Å². The quantitative estimate of drug-likeness (QED) is 0.881. The molecule has 1 amide bonds. The van der Waals surface area contributed by atoms with Gasteiger partial charge in [-0.1, -0.05) is 0 Å². The maximum absolute atomic E-state index is 12.3. The van der Waals surface area contributed by atoms with Gasteiger partial charge in [-0.15, -0.1) is 0 Å². The number of rotatable bonds is 4. The SMILES string of the molecule is CO[C@@H]1CCOC[C@H]1NC(=O)c1cc(-c2ccn(C)c2)n[nH]1. The molecule has 0 spiro atoms. The van der Waals surface area contributed by atoms with E-state index in [-0.39, 0.29) is 18.1 Å². The van der Waals surface area contributed by atoms with E-state index in [4.69, 9.17) is 9.47 Å². The number of carbonyl (C=O) groups is 1. The molecule has 0 radical (unpaired) electrons. The van der Waals surface area contributed by atoms with E-state index in [2.05, 4.69) is 15.5 Å². The van der Waals surface area contributed by atoms with Crippen molar-refractivity contribution in [3.8, 4) is 11.3 Å². The van der Waals surface area contributed by atoms with Crippen molar-refractivity contribution in [3.05, 3.63) is 30.2 Å². The molecule has 0 bridgehead atoms. The Kier molecular flexibility index (Phi) is 4.26. The number of nitrogens with zero attached hydrogens (tertiary/aromatic N) is 2. The number of aryl methyl sites for hydroxylation is 1. The zero-order valence-electron chi connectivity index (χ0n) is 12.7. The van der Waals surface area contributed by atoms with Crippen LogP contribution in [-0.4, -0.2) is 53.1 Å². The van der Waals surface area contributed by atoms with Crippen LogP contribution in [0.25, 0.3) is 11.3 Å². The van der Waals surface area contributed by atoms with Crippen LogP contribution in [0.15, 0.2) is 24.5 Å². The Morgan fingerprint density at radius 1 is 1.59 bits per heavy atom. The van der Waals surface area contributed by atoms with Crippen molar-refractivity contribution in [2.75, 3.05) is 20.3 Å². The lowest BCUT2D eigenvalue weighted by Crippen LogP contribution is -2.50. The molecule has 0 unspecified atom stereocenters. The molecule has 0 aliphatic carbocycles. The summed E-state index contributed by atoms with van der Waals surface area (Å²) < 4.78 is 12.7. The highest BCUT2D eigenvalue weighted by Gasteiger charge is 2.27. The van der Waals surface area contributed by atoms with Crippen LogP contribution < -0.4 is 5.32 Å². The summed E-state index contributed by atoms with van der Waals surface area (Å²) in [6.07, 6.45) is 4.65. The van der Waals surface area contributed by atoms with Crippen molar-refractivity contribution < 1.29 is 14.3 Å². The molecule has 2 N–H and O–H groups in total. The van der Waals surface area contributed by atoms with Gasteiger partial charge in [0.25, 0.3) is 5.91 Å². The molecule has 0 aromatic carbocycles. The van der Waals surface area contributed by atoms with Crippen LogP contribution in [0.4, 0.5) is 0 Å². The summed E-state index contributed by atoms with van der Waals surface area (Å²) in [6.45, 7) is 1.12. The van der Waals surface area contributed by atoms with E-state index in [9.17, 15) is 4.79 Å². The monoisotopic (exact) mass is 304 g/mol. The lowest BCUT2D eigenvalue weighted by atomic mass is 10.1. The summed E-state index contributed by atoms with van der Waals surface area (Å²) in [4.78, 5) is 12.3. The topological polar surface area (TPSA) is 81.2 Å². The van der Waals surface area contributed by atoms with Crippen LogP contribution in [0.3, 0.4) is 0 Å². The molecule has 0 saturated carbocycles. The highest BCUT2D eigenvalue weighted by atomic mass is 16.5. The van der Waals surface area contributed by atoms with Crippen molar-refractivity contribution in [2.24, 2.45) is 7.05 Å². The Balaban J connectivity index is 1.69. The molecule has 1 fully saturated rings. The standard InChI is InChI=1S/C15H20N4O3/c1-19-5-3-10(8-19)11-7-12(18-17-11)15(20)16-13-9-22-6-4-14(13)21-2/h3,5,7-8,13-14H,4,6,9H2,1-2H3,(H,16,20)(H,17,18)/t13-,14-/m1/s1. The van der Waals surface area contributed by atoms with Gasteiger partial charge in [-0.2, -0.15) is 5.10 Å². The van der Waals surface area contributed by atoms with E-state index in [1.165, 1.54) is 0 Å². The minimum atomic E-state index is -0.202. The number of nitrogens with one attached hydrogen (secondary N) is 2. The minimum Gasteiger partial charge on any atom is -0.379 e. The number of methoxy groups -OCH3 is 1. The lowest BCUT2D eigenvalue weighted by Gasteiger charge is -2.30. The summed E-state index contributed by atoms with van der Waals surface area (Å²) in [5, 5.41) is 9.91. The Morgan fingerprint density at radius 3 is 3.18 bits per heavy atom. The first-order valence-electron chi connectivity index (χ1n) is 7.26. The number of H-pyrrole nitrogens is 1.